The molecule has 0 aliphatic heterocycles. The van der Waals surface area contributed by atoms with Crippen molar-refractivity contribution in [3.8, 4) is 0 Å². The Morgan fingerprint density at radius 3 is 2.87 bits per heavy atom. The number of amides is 2. The quantitative estimate of drug-likeness (QED) is 0.764. The van der Waals surface area contributed by atoms with Gasteiger partial charge in [0.2, 0.25) is 0 Å². The third-order valence-electron chi connectivity index (χ3n) is 3.46. The zero-order valence-corrected chi connectivity index (χ0v) is 14.2. The lowest BCUT2D eigenvalue weighted by Crippen LogP contribution is -2.29. The van der Waals surface area contributed by atoms with Crippen LogP contribution in [0.4, 0.5) is 10.5 Å². The first-order valence-corrected chi connectivity index (χ1v) is 9.08. The average Bonchev–Trinajstić information content (AvgIpc) is 2.92. The number of hydrogen-bond donors (Lipinski definition) is 2. The lowest BCUT2D eigenvalue weighted by atomic mass is 10.3. The zero-order valence-electron chi connectivity index (χ0n) is 13.4. The van der Waals surface area contributed by atoms with Crippen molar-refractivity contribution < 1.29 is 9.00 Å². The molecule has 23 heavy (non-hydrogen) atoms. The summed E-state index contributed by atoms with van der Waals surface area (Å²) in [6.07, 6.45) is 7.23. The van der Waals surface area contributed by atoms with Gasteiger partial charge in [0.25, 0.3) is 0 Å². The minimum atomic E-state index is -1.06. The lowest BCUT2D eigenvalue weighted by molar-refractivity contribution is 0.252. The van der Waals surface area contributed by atoms with E-state index in [1.54, 1.807) is 36.7 Å². The van der Waals surface area contributed by atoms with Gasteiger partial charge in [0.1, 0.15) is 5.82 Å². The molecule has 0 saturated carbocycles. The largest absolute Gasteiger partial charge is 0.338 e. The van der Waals surface area contributed by atoms with Crippen LogP contribution in [0.1, 0.15) is 18.7 Å². The summed E-state index contributed by atoms with van der Waals surface area (Å²) in [5.41, 5.74) is 0.643. The minimum absolute atomic E-state index is 0.247. The third-order valence-corrected chi connectivity index (χ3v) is 4.38. The van der Waals surface area contributed by atoms with Gasteiger partial charge in [-0.25, -0.2) is 9.78 Å². The topological polar surface area (TPSA) is 76.0 Å². The highest BCUT2D eigenvalue weighted by molar-refractivity contribution is 7.84. The van der Waals surface area contributed by atoms with Gasteiger partial charge in [-0.3, -0.25) is 4.21 Å². The number of rotatable bonds is 7. The predicted octanol–water partition coefficient (Wildman–Crippen LogP) is 2.53. The maximum absolute atomic E-state index is 11.8. The Bertz CT molecular complexity index is 684. The number of carbonyl (C=O) groups is 1. The summed E-state index contributed by atoms with van der Waals surface area (Å²) in [5.74, 6) is 1.00. The van der Waals surface area contributed by atoms with Crippen molar-refractivity contribution >= 4 is 22.5 Å². The van der Waals surface area contributed by atoms with E-state index < -0.39 is 10.8 Å². The molecule has 1 aromatic heterocycles. The van der Waals surface area contributed by atoms with Crippen molar-refractivity contribution in [3.63, 3.8) is 0 Å². The van der Waals surface area contributed by atoms with Crippen LogP contribution in [0.3, 0.4) is 0 Å². The molecule has 1 unspecified atom stereocenters. The first-order chi connectivity index (χ1) is 11.1. The van der Waals surface area contributed by atoms with E-state index in [0.29, 0.717) is 17.1 Å². The molecule has 0 spiro atoms. The molecule has 2 aromatic rings. The van der Waals surface area contributed by atoms with Gasteiger partial charge in [-0.05, 0) is 38.0 Å². The maximum Gasteiger partial charge on any atom is 0.319 e. The van der Waals surface area contributed by atoms with Crippen molar-refractivity contribution in [1.29, 1.82) is 0 Å². The molecule has 0 bridgehead atoms. The van der Waals surface area contributed by atoms with Gasteiger partial charge < -0.3 is 15.2 Å². The van der Waals surface area contributed by atoms with Crippen LogP contribution < -0.4 is 10.6 Å². The van der Waals surface area contributed by atoms with E-state index in [1.165, 1.54) is 0 Å². The Balaban J connectivity index is 1.68. The molecule has 2 amide bonds. The van der Waals surface area contributed by atoms with Crippen molar-refractivity contribution in [1.82, 2.24) is 14.9 Å². The normalized spacial score (nSPS) is 11.9. The fourth-order valence-electron chi connectivity index (χ4n) is 2.18. The highest BCUT2D eigenvalue weighted by Gasteiger charge is 2.03. The molecular weight excluding hydrogens is 312 g/mol. The maximum atomic E-state index is 11.8. The molecule has 1 heterocycles. The Morgan fingerprint density at radius 2 is 2.17 bits per heavy atom. The predicted molar refractivity (Wildman–Crippen MR) is 92.0 cm³/mol. The first kappa shape index (κ1) is 17.2. The third kappa shape index (κ3) is 5.52. The summed E-state index contributed by atoms with van der Waals surface area (Å²) in [6, 6.07) is 6.80. The van der Waals surface area contributed by atoms with Gasteiger partial charge in [0, 0.05) is 53.1 Å². The average molecular weight is 334 g/mol. The van der Waals surface area contributed by atoms with Crippen molar-refractivity contribution in [2.75, 3.05) is 18.1 Å². The van der Waals surface area contributed by atoms with Crippen molar-refractivity contribution in [2.45, 2.75) is 31.2 Å². The molecule has 2 rings (SSSR count). The monoisotopic (exact) mass is 334 g/mol. The molecule has 7 heteroatoms. The van der Waals surface area contributed by atoms with E-state index in [1.807, 2.05) is 13.1 Å². The number of urea groups is 1. The minimum Gasteiger partial charge on any atom is -0.338 e. The van der Waals surface area contributed by atoms with Gasteiger partial charge in [0.05, 0.1) is 0 Å². The van der Waals surface area contributed by atoms with E-state index >= 15 is 0 Å². The molecular formula is C16H22N4O2S. The summed E-state index contributed by atoms with van der Waals surface area (Å²) in [7, 11) is -1.06. The van der Waals surface area contributed by atoms with Crippen LogP contribution in [0.15, 0.2) is 41.6 Å². The molecule has 1 atom stereocenters. The highest BCUT2D eigenvalue weighted by atomic mass is 32.2. The Labute approximate surface area is 138 Å². The Morgan fingerprint density at radius 1 is 1.35 bits per heavy atom. The first-order valence-electron chi connectivity index (χ1n) is 7.52. The van der Waals surface area contributed by atoms with Crippen LogP contribution in [0.25, 0.3) is 0 Å². The number of hydrogen-bond acceptors (Lipinski definition) is 3. The number of nitrogens with zero attached hydrogens (tertiary/aromatic N) is 2. The highest BCUT2D eigenvalue weighted by Crippen LogP contribution is 2.12. The number of imidazole rings is 1. The fraction of sp³-hybridized carbons (Fsp3) is 0.375. The van der Waals surface area contributed by atoms with Crippen molar-refractivity contribution in [2.24, 2.45) is 0 Å². The van der Waals surface area contributed by atoms with E-state index in [2.05, 4.69) is 20.2 Å². The van der Waals surface area contributed by atoms with E-state index in [0.717, 1.165) is 25.2 Å². The van der Waals surface area contributed by atoms with Gasteiger partial charge in [-0.2, -0.15) is 0 Å². The Kier molecular flexibility index (Phi) is 6.34. The molecule has 6 nitrogen and oxygen atoms in total. The molecule has 0 radical (unpaired) electrons. The number of aromatic nitrogens is 2. The summed E-state index contributed by atoms with van der Waals surface area (Å²) in [4.78, 5) is 16.7. The van der Waals surface area contributed by atoms with Crippen LogP contribution in [-0.2, 0) is 17.3 Å². The van der Waals surface area contributed by atoms with Gasteiger partial charge >= 0.3 is 6.03 Å². The van der Waals surface area contributed by atoms with Gasteiger partial charge in [-0.1, -0.05) is 6.07 Å². The Hall–Kier alpha value is -2.15. The standard InChI is InChI=1S/C16H22N4O2S/c1-13-17-9-11-20(13)10-4-3-8-18-16(21)19-14-6-5-7-15(12-14)23(2)22/h5-7,9,11-12H,3-4,8,10H2,1-2H3,(H2,18,19,21). The summed E-state index contributed by atoms with van der Waals surface area (Å²) in [5, 5.41) is 5.57. The van der Waals surface area contributed by atoms with Crippen LogP contribution in [0.5, 0.6) is 0 Å². The zero-order chi connectivity index (χ0) is 16.7. The molecule has 1 aromatic carbocycles. The lowest BCUT2D eigenvalue weighted by Gasteiger charge is -2.09. The second kappa shape index (κ2) is 8.47. The second-order valence-corrected chi connectivity index (χ2v) is 6.62. The summed E-state index contributed by atoms with van der Waals surface area (Å²) < 4.78 is 13.5. The van der Waals surface area contributed by atoms with Gasteiger partial charge in [0.15, 0.2) is 0 Å². The van der Waals surface area contributed by atoms with Crippen LogP contribution in [-0.4, -0.2) is 32.6 Å². The molecule has 0 fully saturated rings. The van der Waals surface area contributed by atoms with E-state index in [4.69, 9.17) is 0 Å². The number of unbranched alkanes of at least 4 members (excludes halogenated alkanes) is 1. The fourth-order valence-corrected chi connectivity index (χ4v) is 2.74. The van der Waals surface area contributed by atoms with E-state index in [-0.39, 0.29) is 6.03 Å². The summed E-state index contributed by atoms with van der Waals surface area (Å²) in [6.45, 7) is 3.49. The van der Waals surface area contributed by atoms with Crippen LogP contribution in [0.2, 0.25) is 0 Å². The number of anilines is 1. The second-order valence-electron chi connectivity index (χ2n) is 5.24. The smallest absolute Gasteiger partial charge is 0.319 e. The molecule has 124 valence electrons. The van der Waals surface area contributed by atoms with Gasteiger partial charge in [-0.15, -0.1) is 0 Å². The number of nitrogens with one attached hydrogen (secondary N) is 2. The van der Waals surface area contributed by atoms with Crippen molar-refractivity contribution in [3.05, 3.63) is 42.5 Å². The molecule has 0 saturated heterocycles. The number of aryl methyl sites for hydroxylation is 2. The molecule has 0 aliphatic carbocycles. The van der Waals surface area contributed by atoms with Crippen LogP contribution >= 0.6 is 0 Å². The van der Waals surface area contributed by atoms with Crippen LogP contribution in [0, 0.1) is 6.92 Å². The summed E-state index contributed by atoms with van der Waals surface area (Å²) >= 11 is 0. The molecule has 2 N–H and O–H groups in total. The SMILES string of the molecule is Cc1nccn1CCCCNC(=O)Nc1cccc(S(C)=O)c1. The van der Waals surface area contributed by atoms with E-state index in [9.17, 15) is 9.00 Å². The number of benzene rings is 1. The molecule has 0 aliphatic rings. The number of carbonyl (C=O) groups excluding carboxylic acids is 1.